The highest BCUT2D eigenvalue weighted by molar-refractivity contribution is 6.12. The van der Waals surface area contributed by atoms with E-state index in [0.29, 0.717) is 11.1 Å². The molecular formula is C37H25N3O. The van der Waals surface area contributed by atoms with Crippen molar-refractivity contribution in [3.8, 4) is 17.9 Å². The van der Waals surface area contributed by atoms with Crippen LogP contribution in [-0.2, 0) is 0 Å². The quantitative estimate of drug-likeness (QED) is 0.160. The Morgan fingerprint density at radius 3 is 1.76 bits per heavy atom. The van der Waals surface area contributed by atoms with E-state index in [1.807, 2.05) is 97.1 Å². The first-order valence-corrected chi connectivity index (χ1v) is 13.3. The minimum absolute atomic E-state index is 0.586. The van der Waals surface area contributed by atoms with Crippen molar-refractivity contribution < 1.29 is 4.74 Å². The maximum absolute atomic E-state index is 10.1. The highest BCUT2D eigenvalue weighted by Gasteiger charge is 2.16. The molecule has 0 spiro atoms. The molecule has 194 valence electrons. The summed E-state index contributed by atoms with van der Waals surface area (Å²) >= 11 is 0. The number of hydrogen-bond acceptors (Lipinski definition) is 4. The molecule has 0 fully saturated rings. The number of para-hydroxylation sites is 1. The van der Waals surface area contributed by atoms with E-state index in [0.717, 1.165) is 55.5 Å². The summed E-state index contributed by atoms with van der Waals surface area (Å²) in [4.78, 5) is 2.20. The van der Waals surface area contributed by atoms with E-state index in [2.05, 4.69) is 53.4 Å². The number of fused-ring (bicyclic) bond motifs is 2. The Hall–Kier alpha value is -5.84. The number of ether oxygens (including phenoxy) is 1. The molecule has 0 bridgehead atoms. The molecule has 4 nitrogen and oxygen atoms in total. The van der Waals surface area contributed by atoms with E-state index in [-0.39, 0.29) is 0 Å². The summed E-state index contributed by atoms with van der Waals surface area (Å²) in [6.07, 6.45) is 4.06. The van der Waals surface area contributed by atoms with Gasteiger partial charge in [0.2, 0.25) is 0 Å². The summed E-state index contributed by atoms with van der Waals surface area (Å²) in [6, 6.07) is 44.9. The van der Waals surface area contributed by atoms with Crippen LogP contribution >= 0.6 is 0 Å². The zero-order valence-electron chi connectivity index (χ0n) is 22.5. The van der Waals surface area contributed by atoms with Crippen molar-refractivity contribution in [1.29, 1.82) is 10.5 Å². The van der Waals surface area contributed by atoms with Crippen LogP contribution in [0.4, 0.5) is 17.1 Å². The van der Waals surface area contributed by atoms with Crippen molar-refractivity contribution in [2.24, 2.45) is 0 Å². The standard InChI is InChI=1S/C37H25N3O/c1-41-31-22-20-30(21-23-31)40(28-9-3-2-4-10-28)29-18-15-26(16-19-29)14-17-27-8-7-13-34-35(24-38)32-11-5-6-12-33(32)36(25-39)37(27)34/h2-23H,1H3/b17-14-. The molecule has 0 atom stereocenters. The van der Waals surface area contributed by atoms with Crippen molar-refractivity contribution >= 4 is 50.8 Å². The molecule has 41 heavy (non-hydrogen) atoms. The molecule has 0 aromatic heterocycles. The smallest absolute Gasteiger partial charge is 0.119 e. The predicted octanol–water partition coefficient (Wildman–Crippen LogP) is 9.39. The largest absolute Gasteiger partial charge is 0.497 e. The number of benzene rings is 6. The fourth-order valence-corrected chi connectivity index (χ4v) is 5.31. The maximum atomic E-state index is 10.1. The highest BCUT2D eigenvalue weighted by atomic mass is 16.5. The lowest BCUT2D eigenvalue weighted by Crippen LogP contribution is -2.09. The Morgan fingerprint density at radius 2 is 1.12 bits per heavy atom. The van der Waals surface area contributed by atoms with E-state index in [9.17, 15) is 10.5 Å². The van der Waals surface area contributed by atoms with Gasteiger partial charge in [-0.3, -0.25) is 0 Å². The van der Waals surface area contributed by atoms with Crippen molar-refractivity contribution in [3.05, 3.63) is 144 Å². The summed E-state index contributed by atoms with van der Waals surface area (Å²) in [5.74, 6) is 0.810. The Morgan fingerprint density at radius 1 is 0.561 bits per heavy atom. The van der Waals surface area contributed by atoms with Crippen molar-refractivity contribution in [3.63, 3.8) is 0 Å². The number of methoxy groups -OCH3 is 1. The third-order valence-corrected chi connectivity index (χ3v) is 7.26. The van der Waals surface area contributed by atoms with Gasteiger partial charge >= 0.3 is 0 Å². The first kappa shape index (κ1) is 25.4. The Kier molecular flexibility index (Phi) is 6.89. The molecule has 0 N–H and O–H groups in total. The van der Waals surface area contributed by atoms with Crippen LogP contribution in [0.25, 0.3) is 33.7 Å². The molecule has 0 aliphatic rings. The third-order valence-electron chi connectivity index (χ3n) is 7.26. The van der Waals surface area contributed by atoms with Crippen LogP contribution in [0.15, 0.2) is 121 Å². The van der Waals surface area contributed by atoms with Crippen LogP contribution in [0.5, 0.6) is 5.75 Å². The molecule has 0 radical (unpaired) electrons. The Labute approximate surface area is 239 Å². The molecule has 0 heterocycles. The van der Waals surface area contributed by atoms with Gasteiger partial charge in [-0.2, -0.15) is 10.5 Å². The number of nitriles is 2. The van der Waals surface area contributed by atoms with Gasteiger partial charge in [0.1, 0.15) is 17.9 Å². The van der Waals surface area contributed by atoms with Crippen LogP contribution in [-0.4, -0.2) is 7.11 Å². The number of hydrogen-bond donors (Lipinski definition) is 0. The van der Waals surface area contributed by atoms with Gasteiger partial charge in [0.25, 0.3) is 0 Å². The van der Waals surface area contributed by atoms with E-state index in [1.54, 1.807) is 7.11 Å². The lowest BCUT2D eigenvalue weighted by molar-refractivity contribution is 0.415. The van der Waals surface area contributed by atoms with E-state index in [4.69, 9.17) is 4.74 Å². The normalized spacial score (nSPS) is 10.9. The summed E-state index contributed by atoms with van der Waals surface area (Å²) in [6.45, 7) is 0. The molecule has 6 aromatic rings. The lowest BCUT2D eigenvalue weighted by atomic mass is 9.90. The molecule has 6 aromatic carbocycles. The molecular weight excluding hydrogens is 502 g/mol. The third kappa shape index (κ3) is 4.76. The summed E-state index contributed by atoms with van der Waals surface area (Å²) in [5, 5.41) is 23.3. The highest BCUT2D eigenvalue weighted by Crippen LogP contribution is 2.37. The van der Waals surface area contributed by atoms with Crippen LogP contribution < -0.4 is 9.64 Å². The number of nitrogens with zero attached hydrogens (tertiary/aromatic N) is 3. The second-order valence-corrected chi connectivity index (χ2v) is 9.58. The monoisotopic (exact) mass is 527 g/mol. The molecule has 0 amide bonds. The van der Waals surface area contributed by atoms with Crippen LogP contribution in [0.2, 0.25) is 0 Å². The SMILES string of the molecule is COc1ccc(N(c2ccccc2)c2ccc(/C=C\c3cccc4c(C#N)c5ccccc5c(C#N)c34)cc2)cc1. The van der Waals surface area contributed by atoms with E-state index < -0.39 is 0 Å². The molecule has 0 saturated carbocycles. The van der Waals surface area contributed by atoms with Crippen molar-refractivity contribution in [1.82, 2.24) is 0 Å². The minimum Gasteiger partial charge on any atom is -0.497 e. The lowest BCUT2D eigenvalue weighted by Gasteiger charge is -2.25. The van der Waals surface area contributed by atoms with E-state index >= 15 is 0 Å². The maximum Gasteiger partial charge on any atom is 0.119 e. The summed E-state index contributed by atoms with van der Waals surface area (Å²) in [5.41, 5.74) is 6.21. The molecule has 4 heteroatoms. The second kappa shape index (κ2) is 11.1. The van der Waals surface area contributed by atoms with Gasteiger partial charge in [-0.05, 0) is 59.7 Å². The molecule has 6 rings (SSSR count). The number of anilines is 3. The zero-order chi connectivity index (χ0) is 28.2. The van der Waals surface area contributed by atoms with Gasteiger partial charge < -0.3 is 9.64 Å². The number of rotatable bonds is 6. The Bertz CT molecular complexity index is 1980. The summed E-state index contributed by atoms with van der Waals surface area (Å²) in [7, 11) is 1.67. The van der Waals surface area contributed by atoms with Crippen LogP contribution in [0, 0.1) is 22.7 Å². The molecule has 0 aliphatic carbocycles. The van der Waals surface area contributed by atoms with Crippen LogP contribution in [0.3, 0.4) is 0 Å². The van der Waals surface area contributed by atoms with Gasteiger partial charge in [-0.15, -0.1) is 0 Å². The van der Waals surface area contributed by atoms with Gasteiger partial charge in [-0.1, -0.05) is 84.9 Å². The minimum atomic E-state index is 0.586. The first-order chi connectivity index (χ1) is 20.2. The summed E-state index contributed by atoms with van der Waals surface area (Å²) < 4.78 is 5.35. The topological polar surface area (TPSA) is 60.0 Å². The predicted molar refractivity (Wildman–Crippen MR) is 167 cm³/mol. The first-order valence-electron chi connectivity index (χ1n) is 13.3. The second-order valence-electron chi connectivity index (χ2n) is 9.58. The average molecular weight is 528 g/mol. The van der Waals surface area contributed by atoms with Gasteiger partial charge in [-0.25, -0.2) is 0 Å². The van der Waals surface area contributed by atoms with E-state index in [1.165, 1.54) is 0 Å². The fourth-order valence-electron chi connectivity index (χ4n) is 5.31. The molecule has 0 aliphatic heterocycles. The molecule has 0 unspecified atom stereocenters. The fraction of sp³-hybridized carbons (Fsp3) is 0.0270. The average Bonchev–Trinajstić information content (AvgIpc) is 3.04. The van der Waals surface area contributed by atoms with Crippen molar-refractivity contribution in [2.45, 2.75) is 0 Å². The van der Waals surface area contributed by atoms with Gasteiger partial charge in [0.05, 0.1) is 18.2 Å². The van der Waals surface area contributed by atoms with Gasteiger partial charge in [0.15, 0.2) is 0 Å². The Balaban J connectivity index is 1.39. The zero-order valence-corrected chi connectivity index (χ0v) is 22.5. The molecule has 0 saturated heterocycles. The van der Waals surface area contributed by atoms with Crippen molar-refractivity contribution in [2.75, 3.05) is 12.0 Å². The van der Waals surface area contributed by atoms with Gasteiger partial charge in [0, 0.05) is 38.6 Å². The van der Waals surface area contributed by atoms with Crippen LogP contribution in [0.1, 0.15) is 22.3 Å².